The maximum atomic E-state index is 10.7. The van der Waals surface area contributed by atoms with Gasteiger partial charge in [-0.3, -0.25) is 9.69 Å². The maximum absolute atomic E-state index is 10.7. The van der Waals surface area contributed by atoms with Crippen LogP contribution in [-0.2, 0) is 4.79 Å². The molecule has 0 spiro atoms. The summed E-state index contributed by atoms with van der Waals surface area (Å²) < 4.78 is 0. The summed E-state index contributed by atoms with van der Waals surface area (Å²) in [4.78, 5) is 12.8. The monoisotopic (exact) mass is 265 g/mol. The van der Waals surface area contributed by atoms with Crippen LogP contribution in [0.25, 0.3) is 0 Å². The zero-order valence-electron chi connectivity index (χ0n) is 10.9. The molecule has 0 aliphatic carbocycles. The number of carbonyl (C=O) groups is 1. The van der Waals surface area contributed by atoms with Gasteiger partial charge in [0, 0.05) is 24.6 Å². The number of carboxylic acids is 1. The third-order valence-corrected chi connectivity index (χ3v) is 3.79. The van der Waals surface area contributed by atoms with Crippen LogP contribution in [0, 0.1) is 5.92 Å². The number of hydrogen-bond donors (Lipinski definition) is 3. The minimum absolute atomic E-state index is 0.0362. The van der Waals surface area contributed by atoms with Crippen molar-refractivity contribution in [1.82, 2.24) is 4.90 Å². The van der Waals surface area contributed by atoms with Crippen LogP contribution in [0.2, 0.25) is 0 Å². The number of benzene rings is 1. The summed E-state index contributed by atoms with van der Waals surface area (Å²) in [6, 6.07) is 4.45. The fourth-order valence-electron chi connectivity index (χ4n) is 2.70. The zero-order chi connectivity index (χ0) is 14.0. The molecule has 1 aliphatic rings. The fraction of sp³-hybridized carbons (Fsp3) is 0.500. The van der Waals surface area contributed by atoms with Crippen molar-refractivity contribution >= 4 is 5.97 Å². The molecule has 1 aromatic carbocycles. The molecule has 1 saturated heterocycles. The van der Waals surface area contributed by atoms with Gasteiger partial charge >= 0.3 is 5.97 Å². The number of aliphatic carboxylic acids is 1. The molecule has 1 aromatic rings. The molecule has 0 saturated carbocycles. The highest BCUT2D eigenvalue weighted by Gasteiger charge is 2.29. The second-order valence-electron chi connectivity index (χ2n) is 5.17. The predicted octanol–water partition coefficient (Wildman–Crippen LogP) is 1.96. The van der Waals surface area contributed by atoms with Gasteiger partial charge in [0.1, 0.15) is 11.5 Å². The third kappa shape index (κ3) is 3.17. The van der Waals surface area contributed by atoms with E-state index in [0.29, 0.717) is 12.1 Å². The van der Waals surface area contributed by atoms with Gasteiger partial charge in [-0.1, -0.05) is 0 Å². The molecular formula is C14H19NO4. The highest BCUT2D eigenvalue weighted by molar-refractivity contribution is 5.67. The minimum atomic E-state index is -0.764. The molecule has 0 bridgehead atoms. The number of likely N-dealkylation sites (tertiary alicyclic amines) is 1. The van der Waals surface area contributed by atoms with Crippen molar-refractivity contribution in [3.8, 4) is 11.5 Å². The Balaban J connectivity index is 2.06. The number of aromatic hydroxyl groups is 2. The summed E-state index contributed by atoms with van der Waals surface area (Å²) in [7, 11) is 0. The van der Waals surface area contributed by atoms with Gasteiger partial charge in [0.2, 0.25) is 0 Å². The molecule has 2 atom stereocenters. The number of phenolic OH excluding ortho intramolecular Hbond substituents is 2. The normalized spacial score (nSPS) is 21.4. The molecule has 2 unspecified atom stereocenters. The van der Waals surface area contributed by atoms with Crippen molar-refractivity contribution in [2.75, 3.05) is 13.1 Å². The van der Waals surface area contributed by atoms with E-state index in [1.54, 1.807) is 6.07 Å². The van der Waals surface area contributed by atoms with Crippen LogP contribution in [0.4, 0.5) is 0 Å². The molecule has 5 heteroatoms. The maximum Gasteiger partial charge on any atom is 0.303 e. The van der Waals surface area contributed by atoms with Gasteiger partial charge in [0.05, 0.1) is 0 Å². The summed E-state index contributed by atoms with van der Waals surface area (Å²) in [6.07, 6.45) is 1.05. The molecule has 104 valence electrons. The number of nitrogens with zero attached hydrogens (tertiary/aromatic N) is 1. The Kier molecular flexibility index (Phi) is 3.95. The van der Waals surface area contributed by atoms with Gasteiger partial charge < -0.3 is 15.3 Å². The number of carboxylic acid groups (broad SMARTS) is 1. The lowest BCUT2D eigenvalue weighted by molar-refractivity contribution is -0.138. The Labute approximate surface area is 112 Å². The SMILES string of the molecule is CC(c1cc(O)ccc1O)N1CCC(CC(=O)O)C1. The summed E-state index contributed by atoms with van der Waals surface area (Å²) in [5, 5.41) is 28.1. The smallest absolute Gasteiger partial charge is 0.303 e. The van der Waals surface area contributed by atoms with E-state index in [1.165, 1.54) is 12.1 Å². The van der Waals surface area contributed by atoms with Crippen molar-refractivity contribution < 1.29 is 20.1 Å². The van der Waals surface area contributed by atoms with Crippen molar-refractivity contribution in [3.63, 3.8) is 0 Å². The molecule has 0 amide bonds. The average molecular weight is 265 g/mol. The van der Waals surface area contributed by atoms with Gasteiger partial charge in [0.15, 0.2) is 0 Å². The first-order valence-electron chi connectivity index (χ1n) is 6.45. The topological polar surface area (TPSA) is 81.0 Å². The molecule has 19 heavy (non-hydrogen) atoms. The lowest BCUT2D eigenvalue weighted by Crippen LogP contribution is -2.25. The van der Waals surface area contributed by atoms with Crippen LogP contribution < -0.4 is 0 Å². The van der Waals surface area contributed by atoms with E-state index in [0.717, 1.165) is 13.0 Å². The Morgan fingerprint density at radius 1 is 1.47 bits per heavy atom. The molecule has 1 fully saturated rings. The number of hydrogen-bond acceptors (Lipinski definition) is 4. The summed E-state index contributed by atoms with van der Waals surface area (Å²) in [5.41, 5.74) is 0.677. The van der Waals surface area contributed by atoms with Gasteiger partial charge in [-0.25, -0.2) is 0 Å². The Morgan fingerprint density at radius 2 is 2.21 bits per heavy atom. The van der Waals surface area contributed by atoms with E-state index in [2.05, 4.69) is 4.90 Å². The van der Waals surface area contributed by atoms with Crippen LogP contribution in [0.15, 0.2) is 18.2 Å². The lowest BCUT2D eigenvalue weighted by atomic mass is 10.0. The van der Waals surface area contributed by atoms with Crippen LogP contribution in [0.1, 0.15) is 31.4 Å². The van der Waals surface area contributed by atoms with Crippen molar-refractivity contribution in [2.45, 2.75) is 25.8 Å². The van der Waals surface area contributed by atoms with Crippen LogP contribution in [0.3, 0.4) is 0 Å². The van der Waals surface area contributed by atoms with Crippen molar-refractivity contribution in [1.29, 1.82) is 0 Å². The largest absolute Gasteiger partial charge is 0.508 e. The first-order valence-corrected chi connectivity index (χ1v) is 6.45. The zero-order valence-corrected chi connectivity index (χ0v) is 10.9. The Morgan fingerprint density at radius 3 is 2.89 bits per heavy atom. The molecule has 1 heterocycles. The van der Waals surface area contributed by atoms with Gasteiger partial charge in [-0.05, 0) is 44.0 Å². The molecule has 2 rings (SSSR count). The highest BCUT2D eigenvalue weighted by atomic mass is 16.4. The van der Waals surface area contributed by atoms with Gasteiger partial charge in [0.25, 0.3) is 0 Å². The van der Waals surface area contributed by atoms with E-state index in [9.17, 15) is 15.0 Å². The van der Waals surface area contributed by atoms with E-state index >= 15 is 0 Å². The van der Waals surface area contributed by atoms with Gasteiger partial charge in [-0.2, -0.15) is 0 Å². The molecule has 0 radical (unpaired) electrons. The quantitative estimate of drug-likeness (QED) is 0.725. The summed E-state index contributed by atoms with van der Waals surface area (Å²) in [5.74, 6) is -0.313. The molecule has 0 aromatic heterocycles. The Hall–Kier alpha value is -1.75. The second-order valence-corrected chi connectivity index (χ2v) is 5.17. The minimum Gasteiger partial charge on any atom is -0.508 e. The van der Waals surface area contributed by atoms with Crippen molar-refractivity contribution in [3.05, 3.63) is 23.8 Å². The second kappa shape index (κ2) is 5.48. The van der Waals surface area contributed by atoms with E-state index in [1.807, 2.05) is 6.92 Å². The van der Waals surface area contributed by atoms with Gasteiger partial charge in [-0.15, -0.1) is 0 Å². The summed E-state index contributed by atoms with van der Waals surface area (Å²) >= 11 is 0. The highest BCUT2D eigenvalue weighted by Crippen LogP contribution is 2.34. The lowest BCUT2D eigenvalue weighted by Gasteiger charge is -2.25. The molecule has 5 nitrogen and oxygen atoms in total. The number of phenols is 2. The number of rotatable bonds is 4. The van der Waals surface area contributed by atoms with Crippen LogP contribution in [-0.4, -0.2) is 39.3 Å². The average Bonchev–Trinajstić information content (AvgIpc) is 2.79. The van der Waals surface area contributed by atoms with Crippen LogP contribution in [0.5, 0.6) is 11.5 Å². The van der Waals surface area contributed by atoms with E-state index < -0.39 is 5.97 Å². The first-order chi connectivity index (χ1) is 8.97. The van der Waals surface area contributed by atoms with E-state index in [4.69, 9.17) is 5.11 Å². The predicted molar refractivity (Wildman–Crippen MR) is 70.1 cm³/mol. The standard InChI is InChI=1S/C14H19NO4/c1-9(12-7-11(16)2-3-13(12)17)15-5-4-10(8-15)6-14(18)19/h2-3,7,9-10,16-17H,4-6,8H2,1H3,(H,18,19). The van der Waals surface area contributed by atoms with E-state index in [-0.39, 0.29) is 29.9 Å². The molecule has 1 aliphatic heterocycles. The van der Waals surface area contributed by atoms with Crippen LogP contribution >= 0.6 is 0 Å². The Bertz CT molecular complexity index is 475. The van der Waals surface area contributed by atoms with Crippen molar-refractivity contribution in [2.24, 2.45) is 5.92 Å². The molecular weight excluding hydrogens is 246 g/mol. The first kappa shape index (κ1) is 13.7. The fourth-order valence-corrected chi connectivity index (χ4v) is 2.70. The third-order valence-electron chi connectivity index (χ3n) is 3.79. The summed E-state index contributed by atoms with van der Waals surface area (Å²) in [6.45, 7) is 3.48. The molecule has 3 N–H and O–H groups in total.